The number of hydrogen-bond acceptors (Lipinski definition) is 3. The van der Waals surface area contributed by atoms with Crippen molar-refractivity contribution in [2.45, 2.75) is 32.0 Å². The molecule has 2 aliphatic heterocycles. The average molecular weight is 368 g/mol. The van der Waals surface area contributed by atoms with Crippen molar-refractivity contribution in [2.75, 3.05) is 13.1 Å². The first kappa shape index (κ1) is 17.3. The third kappa shape index (κ3) is 3.53. The van der Waals surface area contributed by atoms with E-state index in [0.29, 0.717) is 5.71 Å². The van der Waals surface area contributed by atoms with Gasteiger partial charge in [-0.15, -0.1) is 0 Å². The van der Waals surface area contributed by atoms with E-state index in [9.17, 15) is 4.79 Å². The molecule has 0 aliphatic carbocycles. The number of carbonyl (C=O) groups excluding carboxylic acids is 1. The number of aliphatic imine (C=N–C) groups is 1. The fourth-order valence-corrected chi connectivity index (χ4v) is 3.76. The molecule has 1 N–H and O–H groups in total. The minimum absolute atomic E-state index is 0.0556. The molecule has 1 spiro atoms. The quantitative estimate of drug-likeness (QED) is 0.901. The topological polar surface area (TPSA) is 44.7 Å². The number of nitrogens with zero attached hydrogens (tertiary/aromatic N) is 2. The first-order valence-electron chi connectivity index (χ1n) is 8.99. The molecule has 0 atom stereocenters. The van der Waals surface area contributed by atoms with Crippen LogP contribution >= 0.6 is 11.6 Å². The fourth-order valence-electron chi connectivity index (χ4n) is 3.64. The predicted octanol–water partition coefficient (Wildman–Crippen LogP) is 3.56. The lowest BCUT2D eigenvalue weighted by Gasteiger charge is -2.37. The number of aryl methyl sites for hydroxylation is 1. The third-order valence-corrected chi connectivity index (χ3v) is 5.47. The smallest absolute Gasteiger partial charge is 0.272 e. The van der Waals surface area contributed by atoms with Crippen LogP contribution in [0.15, 0.2) is 53.5 Å². The molecule has 4 nitrogen and oxygen atoms in total. The summed E-state index contributed by atoms with van der Waals surface area (Å²) in [5.41, 5.74) is 3.46. The molecule has 2 aliphatic rings. The van der Waals surface area contributed by atoms with Gasteiger partial charge >= 0.3 is 0 Å². The SMILES string of the molecule is Cc1ccc(C2=NC3(CCN(Cc4ccc(Cl)cc4)CC3)NC2=O)cc1. The Morgan fingerprint density at radius 2 is 1.73 bits per heavy atom. The van der Waals surface area contributed by atoms with Crippen LogP contribution in [0.25, 0.3) is 0 Å². The second-order valence-electron chi connectivity index (χ2n) is 7.21. The highest BCUT2D eigenvalue weighted by Crippen LogP contribution is 2.29. The fraction of sp³-hybridized carbons (Fsp3) is 0.333. The Labute approximate surface area is 158 Å². The molecular weight excluding hydrogens is 346 g/mol. The van der Waals surface area contributed by atoms with Crippen molar-refractivity contribution in [3.8, 4) is 0 Å². The van der Waals surface area contributed by atoms with Gasteiger partial charge in [-0.05, 0) is 24.6 Å². The number of benzene rings is 2. The van der Waals surface area contributed by atoms with E-state index in [0.717, 1.165) is 43.1 Å². The predicted molar refractivity (Wildman–Crippen MR) is 105 cm³/mol. The van der Waals surface area contributed by atoms with Gasteiger partial charge in [0, 0.05) is 43.1 Å². The summed E-state index contributed by atoms with van der Waals surface area (Å²) in [6.45, 7) is 4.76. The van der Waals surface area contributed by atoms with Crippen molar-refractivity contribution in [2.24, 2.45) is 4.99 Å². The Morgan fingerprint density at radius 1 is 1.08 bits per heavy atom. The van der Waals surface area contributed by atoms with Gasteiger partial charge in [-0.1, -0.05) is 53.6 Å². The van der Waals surface area contributed by atoms with Crippen molar-refractivity contribution >= 4 is 23.2 Å². The van der Waals surface area contributed by atoms with Crippen LogP contribution in [0.5, 0.6) is 0 Å². The van der Waals surface area contributed by atoms with E-state index in [4.69, 9.17) is 16.6 Å². The summed E-state index contributed by atoms with van der Waals surface area (Å²) >= 11 is 5.95. The van der Waals surface area contributed by atoms with Crippen LogP contribution in [0.2, 0.25) is 5.02 Å². The van der Waals surface area contributed by atoms with Crippen LogP contribution in [0.4, 0.5) is 0 Å². The number of piperidine rings is 1. The van der Waals surface area contributed by atoms with Crippen LogP contribution < -0.4 is 5.32 Å². The molecule has 0 unspecified atom stereocenters. The molecule has 1 saturated heterocycles. The Kier molecular flexibility index (Phi) is 4.55. The molecular formula is C21H22ClN3O. The zero-order chi connectivity index (χ0) is 18.1. The minimum atomic E-state index is -0.437. The van der Waals surface area contributed by atoms with Crippen LogP contribution in [-0.4, -0.2) is 35.3 Å². The summed E-state index contributed by atoms with van der Waals surface area (Å²) in [5.74, 6) is -0.0556. The van der Waals surface area contributed by atoms with Crippen molar-refractivity contribution < 1.29 is 4.79 Å². The number of hydrogen-bond donors (Lipinski definition) is 1. The highest BCUT2D eigenvalue weighted by molar-refractivity contribution is 6.46. The van der Waals surface area contributed by atoms with Gasteiger partial charge < -0.3 is 5.32 Å². The van der Waals surface area contributed by atoms with Crippen molar-refractivity contribution in [3.05, 3.63) is 70.2 Å². The molecule has 0 aromatic heterocycles. The van der Waals surface area contributed by atoms with Gasteiger partial charge in [0.15, 0.2) is 0 Å². The monoisotopic (exact) mass is 367 g/mol. The van der Waals surface area contributed by atoms with E-state index >= 15 is 0 Å². The van der Waals surface area contributed by atoms with E-state index in [-0.39, 0.29) is 5.91 Å². The minimum Gasteiger partial charge on any atom is -0.326 e. The average Bonchev–Trinajstić information content (AvgIpc) is 2.96. The molecule has 2 heterocycles. The third-order valence-electron chi connectivity index (χ3n) is 5.21. The molecule has 0 radical (unpaired) electrons. The summed E-state index contributed by atoms with van der Waals surface area (Å²) in [4.78, 5) is 19.7. The second-order valence-corrected chi connectivity index (χ2v) is 7.65. The number of halogens is 1. The Balaban J connectivity index is 1.44. The molecule has 26 heavy (non-hydrogen) atoms. The maximum atomic E-state index is 12.5. The number of likely N-dealkylation sites (tertiary alicyclic amines) is 1. The van der Waals surface area contributed by atoms with Crippen LogP contribution in [0, 0.1) is 6.92 Å². The van der Waals surface area contributed by atoms with Gasteiger partial charge in [0.2, 0.25) is 0 Å². The highest BCUT2D eigenvalue weighted by atomic mass is 35.5. The van der Waals surface area contributed by atoms with E-state index in [1.807, 2.05) is 43.3 Å². The zero-order valence-electron chi connectivity index (χ0n) is 14.8. The summed E-state index contributed by atoms with van der Waals surface area (Å²) in [6, 6.07) is 16.0. The first-order valence-corrected chi connectivity index (χ1v) is 9.37. The molecule has 0 bridgehead atoms. The number of nitrogens with one attached hydrogen (secondary N) is 1. The lowest BCUT2D eigenvalue weighted by Crippen LogP contribution is -2.50. The van der Waals surface area contributed by atoms with E-state index < -0.39 is 5.66 Å². The van der Waals surface area contributed by atoms with Crippen molar-refractivity contribution in [3.63, 3.8) is 0 Å². The van der Waals surface area contributed by atoms with Gasteiger partial charge in [0.05, 0.1) is 0 Å². The Hall–Kier alpha value is -2.17. The zero-order valence-corrected chi connectivity index (χ0v) is 15.6. The lowest BCUT2D eigenvalue weighted by atomic mass is 9.97. The van der Waals surface area contributed by atoms with Gasteiger partial charge in [0.25, 0.3) is 5.91 Å². The molecule has 5 heteroatoms. The molecule has 1 fully saturated rings. The van der Waals surface area contributed by atoms with E-state index in [2.05, 4.69) is 22.3 Å². The summed E-state index contributed by atoms with van der Waals surface area (Å²) < 4.78 is 0. The molecule has 1 amide bonds. The van der Waals surface area contributed by atoms with Crippen LogP contribution in [0.3, 0.4) is 0 Å². The number of rotatable bonds is 3. The molecule has 4 rings (SSSR count). The van der Waals surface area contributed by atoms with Gasteiger partial charge in [-0.3, -0.25) is 14.7 Å². The lowest BCUT2D eigenvalue weighted by molar-refractivity contribution is -0.115. The van der Waals surface area contributed by atoms with E-state index in [1.54, 1.807) is 0 Å². The maximum Gasteiger partial charge on any atom is 0.272 e. The van der Waals surface area contributed by atoms with Crippen LogP contribution in [0.1, 0.15) is 29.5 Å². The first-order chi connectivity index (χ1) is 12.5. The molecule has 134 valence electrons. The highest BCUT2D eigenvalue weighted by Gasteiger charge is 2.41. The molecule has 0 saturated carbocycles. The molecule has 2 aromatic rings. The summed E-state index contributed by atoms with van der Waals surface area (Å²) in [7, 11) is 0. The van der Waals surface area contributed by atoms with E-state index in [1.165, 1.54) is 11.1 Å². The number of amides is 1. The Morgan fingerprint density at radius 3 is 2.38 bits per heavy atom. The summed E-state index contributed by atoms with van der Waals surface area (Å²) in [5, 5.41) is 3.90. The van der Waals surface area contributed by atoms with Crippen molar-refractivity contribution in [1.29, 1.82) is 0 Å². The maximum absolute atomic E-state index is 12.5. The normalized spacial score (nSPS) is 19.5. The Bertz CT molecular complexity index is 835. The molecule has 2 aromatic carbocycles. The van der Waals surface area contributed by atoms with Gasteiger partial charge in [-0.25, -0.2) is 0 Å². The summed E-state index contributed by atoms with van der Waals surface area (Å²) in [6.07, 6.45) is 1.67. The second kappa shape index (κ2) is 6.86. The number of carbonyl (C=O) groups is 1. The standard InChI is InChI=1S/C21H22ClN3O/c1-15-2-6-17(7-3-15)19-20(26)24-21(23-19)10-12-25(13-11-21)14-16-4-8-18(22)9-5-16/h2-9H,10-14H2,1H3,(H,24,26). The van der Waals surface area contributed by atoms with Gasteiger partial charge in [0.1, 0.15) is 11.4 Å². The van der Waals surface area contributed by atoms with Crippen LogP contribution in [-0.2, 0) is 11.3 Å². The largest absolute Gasteiger partial charge is 0.326 e. The van der Waals surface area contributed by atoms with Crippen molar-refractivity contribution in [1.82, 2.24) is 10.2 Å². The van der Waals surface area contributed by atoms with Gasteiger partial charge in [-0.2, -0.15) is 0 Å².